The fourth-order valence-electron chi connectivity index (χ4n) is 2.36. The van der Waals surface area contributed by atoms with Gasteiger partial charge >= 0.3 is 0 Å². The Hall–Kier alpha value is -2.01. The Kier molecular flexibility index (Phi) is 5.44. The van der Waals surface area contributed by atoms with Gasteiger partial charge in [0.2, 0.25) is 0 Å². The first-order valence-corrected chi connectivity index (χ1v) is 7.53. The van der Waals surface area contributed by atoms with Gasteiger partial charge < -0.3 is 10.1 Å². The van der Waals surface area contributed by atoms with Crippen molar-refractivity contribution in [2.45, 2.75) is 26.7 Å². The fraction of sp³-hybridized carbons (Fsp3) is 0.375. The number of aromatic nitrogens is 2. The molecule has 0 aliphatic rings. The summed E-state index contributed by atoms with van der Waals surface area (Å²) in [7, 11) is 1.53. The Morgan fingerprint density at radius 3 is 2.82 bits per heavy atom. The van der Waals surface area contributed by atoms with Gasteiger partial charge in [0.05, 0.1) is 18.4 Å². The number of nitrogens with one attached hydrogen (secondary N) is 2. The van der Waals surface area contributed by atoms with Crippen LogP contribution in [0.2, 0.25) is 5.02 Å². The van der Waals surface area contributed by atoms with Gasteiger partial charge in [0, 0.05) is 17.3 Å². The monoisotopic (exact) mass is 321 g/mol. The van der Waals surface area contributed by atoms with E-state index < -0.39 is 0 Å². The van der Waals surface area contributed by atoms with Crippen molar-refractivity contribution in [3.8, 4) is 5.75 Å². The molecule has 0 saturated heterocycles. The summed E-state index contributed by atoms with van der Waals surface area (Å²) in [5, 5.41) is 10.5. The number of hydrogen-bond donors (Lipinski definition) is 2. The van der Waals surface area contributed by atoms with Crippen molar-refractivity contribution in [3.05, 3.63) is 45.7 Å². The van der Waals surface area contributed by atoms with E-state index in [1.54, 1.807) is 18.2 Å². The zero-order valence-corrected chi connectivity index (χ0v) is 13.8. The number of aromatic amines is 1. The van der Waals surface area contributed by atoms with Crippen LogP contribution in [0.15, 0.2) is 18.2 Å². The Labute approximate surface area is 135 Å². The summed E-state index contributed by atoms with van der Waals surface area (Å²) in [5.74, 6) is 0.336. The predicted molar refractivity (Wildman–Crippen MR) is 86.7 cm³/mol. The molecule has 0 spiro atoms. The van der Waals surface area contributed by atoms with Gasteiger partial charge in [-0.3, -0.25) is 9.89 Å². The number of ether oxygens (including phenoxy) is 1. The third-order valence-corrected chi connectivity index (χ3v) is 3.81. The van der Waals surface area contributed by atoms with E-state index >= 15 is 0 Å². The van der Waals surface area contributed by atoms with E-state index in [4.69, 9.17) is 16.3 Å². The molecule has 6 heteroatoms. The maximum Gasteiger partial charge on any atom is 0.255 e. The third-order valence-electron chi connectivity index (χ3n) is 3.58. The molecule has 2 aromatic rings. The number of carbonyl (C=O) groups is 1. The maximum atomic E-state index is 12.2. The lowest BCUT2D eigenvalue weighted by atomic mass is 10.1. The van der Waals surface area contributed by atoms with Gasteiger partial charge in [-0.25, -0.2) is 0 Å². The van der Waals surface area contributed by atoms with Crippen molar-refractivity contribution in [1.82, 2.24) is 15.5 Å². The van der Waals surface area contributed by atoms with Crippen LogP contribution in [-0.2, 0) is 6.42 Å². The van der Waals surface area contributed by atoms with Crippen molar-refractivity contribution in [3.63, 3.8) is 0 Å². The van der Waals surface area contributed by atoms with Crippen LogP contribution >= 0.6 is 11.6 Å². The van der Waals surface area contributed by atoms with E-state index in [0.29, 0.717) is 22.9 Å². The highest BCUT2D eigenvalue weighted by atomic mass is 35.5. The minimum Gasteiger partial charge on any atom is -0.496 e. The number of H-pyrrole nitrogens is 1. The first-order chi connectivity index (χ1) is 10.5. The van der Waals surface area contributed by atoms with Crippen molar-refractivity contribution in [2.75, 3.05) is 13.7 Å². The molecular weight excluding hydrogens is 302 g/mol. The Balaban J connectivity index is 1.90. The van der Waals surface area contributed by atoms with Gasteiger partial charge in [-0.2, -0.15) is 5.10 Å². The topological polar surface area (TPSA) is 67.0 Å². The molecule has 0 aliphatic carbocycles. The highest BCUT2D eigenvalue weighted by Crippen LogP contribution is 2.22. The van der Waals surface area contributed by atoms with Gasteiger partial charge in [-0.05, 0) is 50.5 Å². The lowest BCUT2D eigenvalue weighted by molar-refractivity contribution is 0.0950. The Morgan fingerprint density at radius 1 is 1.41 bits per heavy atom. The summed E-state index contributed by atoms with van der Waals surface area (Å²) in [6.45, 7) is 4.57. The van der Waals surface area contributed by atoms with Gasteiger partial charge in [0.1, 0.15) is 5.75 Å². The summed E-state index contributed by atoms with van der Waals surface area (Å²) in [6, 6.07) is 5.00. The minimum atomic E-state index is -0.181. The zero-order chi connectivity index (χ0) is 16.1. The number of amides is 1. The highest BCUT2D eigenvalue weighted by Gasteiger charge is 2.12. The van der Waals surface area contributed by atoms with Gasteiger partial charge in [0.15, 0.2) is 0 Å². The molecule has 1 amide bonds. The minimum absolute atomic E-state index is 0.181. The number of halogens is 1. The van der Waals surface area contributed by atoms with Crippen LogP contribution in [0.4, 0.5) is 0 Å². The SMILES string of the molecule is COc1ccc(Cl)cc1C(=O)NCCCc1c(C)n[nH]c1C. The average Bonchev–Trinajstić information content (AvgIpc) is 2.82. The molecule has 5 nitrogen and oxygen atoms in total. The molecule has 0 atom stereocenters. The van der Waals surface area contributed by atoms with Crippen LogP contribution in [0.25, 0.3) is 0 Å². The van der Waals surface area contributed by atoms with E-state index in [9.17, 15) is 4.79 Å². The summed E-state index contributed by atoms with van der Waals surface area (Å²) in [4.78, 5) is 12.2. The normalized spacial score (nSPS) is 10.5. The summed E-state index contributed by atoms with van der Waals surface area (Å²) in [6.07, 6.45) is 1.72. The van der Waals surface area contributed by atoms with Gasteiger partial charge in [-0.1, -0.05) is 11.6 Å². The number of carbonyl (C=O) groups excluding carboxylic acids is 1. The van der Waals surface area contributed by atoms with Crippen LogP contribution in [0, 0.1) is 13.8 Å². The highest BCUT2D eigenvalue weighted by molar-refractivity contribution is 6.31. The number of hydrogen-bond acceptors (Lipinski definition) is 3. The largest absolute Gasteiger partial charge is 0.496 e. The fourth-order valence-corrected chi connectivity index (χ4v) is 2.53. The van der Waals surface area contributed by atoms with E-state index in [1.165, 1.54) is 12.7 Å². The Bertz CT molecular complexity index is 648. The van der Waals surface area contributed by atoms with Gasteiger partial charge in [-0.15, -0.1) is 0 Å². The number of nitrogens with zero attached hydrogens (tertiary/aromatic N) is 1. The quantitative estimate of drug-likeness (QED) is 0.804. The lowest BCUT2D eigenvalue weighted by Gasteiger charge is -2.10. The van der Waals surface area contributed by atoms with Gasteiger partial charge in [0.25, 0.3) is 5.91 Å². The Morgan fingerprint density at radius 2 is 2.18 bits per heavy atom. The molecule has 0 fully saturated rings. The van der Waals surface area contributed by atoms with Crippen LogP contribution < -0.4 is 10.1 Å². The predicted octanol–water partition coefficient (Wildman–Crippen LogP) is 3.05. The molecule has 1 aromatic heterocycles. The number of aryl methyl sites for hydroxylation is 2. The molecule has 22 heavy (non-hydrogen) atoms. The summed E-state index contributed by atoms with van der Waals surface area (Å²) < 4.78 is 5.19. The number of methoxy groups -OCH3 is 1. The molecule has 2 N–H and O–H groups in total. The second-order valence-corrected chi connectivity index (χ2v) is 5.55. The standard InChI is InChI=1S/C16H20ClN3O2/c1-10-13(11(2)20-19-10)5-4-8-18-16(21)14-9-12(17)6-7-15(14)22-3/h6-7,9H,4-5,8H2,1-3H3,(H,18,21)(H,19,20). The van der Waals surface area contributed by atoms with E-state index in [0.717, 1.165) is 24.2 Å². The third kappa shape index (κ3) is 3.80. The first-order valence-electron chi connectivity index (χ1n) is 7.15. The van der Waals surface area contributed by atoms with Crippen molar-refractivity contribution < 1.29 is 9.53 Å². The van der Waals surface area contributed by atoms with Crippen molar-refractivity contribution in [1.29, 1.82) is 0 Å². The van der Waals surface area contributed by atoms with E-state index in [2.05, 4.69) is 15.5 Å². The van der Waals surface area contributed by atoms with Crippen LogP contribution in [0.3, 0.4) is 0 Å². The molecule has 0 bridgehead atoms. The molecule has 1 aromatic carbocycles. The molecular formula is C16H20ClN3O2. The average molecular weight is 322 g/mol. The molecule has 0 radical (unpaired) electrons. The second-order valence-electron chi connectivity index (χ2n) is 5.12. The molecule has 0 saturated carbocycles. The summed E-state index contributed by atoms with van der Waals surface area (Å²) >= 11 is 5.94. The van der Waals surface area contributed by atoms with E-state index in [-0.39, 0.29) is 5.91 Å². The maximum absolute atomic E-state index is 12.2. The molecule has 118 valence electrons. The molecule has 1 heterocycles. The summed E-state index contributed by atoms with van der Waals surface area (Å²) in [5.41, 5.74) is 3.76. The van der Waals surface area contributed by atoms with Crippen molar-refractivity contribution >= 4 is 17.5 Å². The van der Waals surface area contributed by atoms with Crippen molar-refractivity contribution in [2.24, 2.45) is 0 Å². The zero-order valence-electron chi connectivity index (χ0n) is 13.0. The molecule has 0 aliphatic heterocycles. The molecule has 0 unspecified atom stereocenters. The smallest absolute Gasteiger partial charge is 0.255 e. The molecule has 2 rings (SSSR count). The van der Waals surface area contributed by atoms with Crippen LogP contribution in [0.1, 0.15) is 33.7 Å². The number of benzene rings is 1. The number of rotatable bonds is 6. The second kappa shape index (κ2) is 7.31. The van der Waals surface area contributed by atoms with Crippen LogP contribution in [-0.4, -0.2) is 29.8 Å². The van der Waals surface area contributed by atoms with Crippen LogP contribution in [0.5, 0.6) is 5.75 Å². The van der Waals surface area contributed by atoms with E-state index in [1.807, 2.05) is 13.8 Å². The first kappa shape index (κ1) is 16.4. The lowest BCUT2D eigenvalue weighted by Crippen LogP contribution is -2.25.